The molecular formula is C16H22N2O7. The summed E-state index contributed by atoms with van der Waals surface area (Å²) in [5.74, 6) is -3.26. The first-order valence-electron chi connectivity index (χ1n) is 8.17. The van der Waals surface area contributed by atoms with Crippen molar-refractivity contribution in [3.05, 3.63) is 32.6 Å². The van der Waals surface area contributed by atoms with Gasteiger partial charge in [0.05, 0.1) is 13.2 Å². The molecule has 1 aliphatic heterocycles. The zero-order valence-corrected chi connectivity index (χ0v) is 14.4. The highest BCUT2D eigenvalue weighted by molar-refractivity contribution is 5.95. The van der Waals surface area contributed by atoms with Crippen LogP contribution in [0.25, 0.3) is 0 Å². The average Bonchev–Trinajstić information content (AvgIpc) is 3.00. The highest BCUT2D eigenvalue weighted by Crippen LogP contribution is 2.36. The van der Waals surface area contributed by atoms with Gasteiger partial charge in [-0.05, 0) is 27.2 Å². The van der Waals surface area contributed by atoms with Crippen LogP contribution in [0.15, 0.2) is 15.8 Å². The first-order chi connectivity index (χ1) is 11.9. The minimum Gasteiger partial charge on any atom is -0.465 e. The summed E-state index contributed by atoms with van der Waals surface area (Å²) in [7, 11) is 0. The first-order valence-corrected chi connectivity index (χ1v) is 8.17. The Morgan fingerprint density at radius 1 is 1.28 bits per heavy atom. The van der Waals surface area contributed by atoms with Crippen molar-refractivity contribution in [2.24, 2.45) is 11.8 Å². The number of carbonyl (C=O) groups is 2. The van der Waals surface area contributed by atoms with Crippen LogP contribution in [0.2, 0.25) is 0 Å². The van der Waals surface area contributed by atoms with Crippen LogP contribution in [0.1, 0.15) is 32.1 Å². The lowest BCUT2D eigenvalue weighted by atomic mass is 9.89. The monoisotopic (exact) mass is 354 g/mol. The lowest BCUT2D eigenvalue weighted by Crippen LogP contribution is -2.41. The van der Waals surface area contributed by atoms with Crippen molar-refractivity contribution in [2.75, 3.05) is 19.8 Å². The van der Waals surface area contributed by atoms with Crippen molar-refractivity contribution >= 4 is 11.9 Å². The van der Waals surface area contributed by atoms with Crippen molar-refractivity contribution in [1.29, 1.82) is 0 Å². The average molecular weight is 354 g/mol. The van der Waals surface area contributed by atoms with Gasteiger partial charge in [-0.3, -0.25) is 23.9 Å². The van der Waals surface area contributed by atoms with Crippen LogP contribution >= 0.6 is 0 Å². The third-order valence-corrected chi connectivity index (χ3v) is 4.04. The third kappa shape index (κ3) is 3.98. The van der Waals surface area contributed by atoms with E-state index in [1.165, 1.54) is 10.8 Å². The van der Waals surface area contributed by atoms with E-state index in [4.69, 9.17) is 14.2 Å². The van der Waals surface area contributed by atoms with Gasteiger partial charge in [-0.1, -0.05) is 0 Å². The number of hydrogen-bond donors (Lipinski definition) is 1. The van der Waals surface area contributed by atoms with Gasteiger partial charge < -0.3 is 14.2 Å². The number of hydrogen-bond acceptors (Lipinski definition) is 7. The molecule has 9 nitrogen and oxygen atoms in total. The summed E-state index contributed by atoms with van der Waals surface area (Å²) in [4.78, 5) is 50.5. The Labute approximate surface area is 143 Å². The third-order valence-electron chi connectivity index (χ3n) is 4.04. The first kappa shape index (κ1) is 18.9. The molecule has 0 bridgehead atoms. The number of esters is 2. The quantitative estimate of drug-likeness (QED) is 0.570. The number of rotatable bonds is 6. The topological polar surface area (TPSA) is 117 Å². The van der Waals surface area contributed by atoms with Gasteiger partial charge in [0, 0.05) is 24.3 Å². The van der Waals surface area contributed by atoms with Crippen LogP contribution in [0.3, 0.4) is 0 Å². The van der Waals surface area contributed by atoms with E-state index < -0.39 is 41.3 Å². The van der Waals surface area contributed by atoms with Gasteiger partial charge in [-0.25, -0.2) is 4.79 Å². The Morgan fingerprint density at radius 3 is 2.44 bits per heavy atom. The summed E-state index contributed by atoms with van der Waals surface area (Å²) in [6.45, 7) is 5.31. The molecule has 0 unspecified atom stereocenters. The number of aromatic nitrogens is 2. The molecule has 1 fully saturated rings. The summed E-state index contributed by atoms with van der Waals surface area (Å²) in [6, 6.07) is 0. The highest BCUT2D eigenvalue weighted by atomic mass is 16.6. The second kappa shape index (κ2) is 8.11. The van der Waals surface area contributed by atoms with Crippen LogP contribution < -0.4 is 11.2 Å². The number of aromatic amines is 1. The van der Waals surface area contributed by atoms with Gasteiger partial charge in [0.2, 0.25) is 0 Å². The Balaban J connectivity index is 2.41. The molecule has 2 heterocycles. The Hall–Kier alpha value is -2.42. The molecule has 1 saturated heterocycles. The standard InChI is InChI=1S/C16H22N2O7/c1-4-23-14(20)11(15(21)24-5-2)10-6-7-25-13(10)18-8-9(3)12(19)17-16(18)22/h8,10-11,13H,4-7H2,1-3H3,(H,17,19,22)/t10-,13+/m0/s1. The number of nitrogens with zero attached hydrogens (tertiary/aromatic N) is 1. The van der Waals surface area contributed by atoms with Crippen molar-refractivity contribution in [1.82, 2.24) is 9.55 Å². The number of ether oxygens (including phenoxy) is 3. The van der Waals surface area contributed by atoms with E-state index in [0.717, 1.165) is 0 Å². The van der Waals surface area contributed by atoms with E-state index in [-0.39, 0.29) is 19.8 Å². The molecule has 0 saturated carbocycles. The van der Waals surface area contributed by atoms with Crippen LogP contribution in [0.4, 0.5) is 0 Å². The van der Waals surface area contributed by atoms with Gasteiger partial charge in [-0.2, -0.15) is 0 Å². The highest BCUT2D eigenvalue weighted by Gasteiger charge is 2.45. The van der Waals surface area contributed by atoms with E-state index in [1.54, 1.807) is 20.8 Å². The summed E-state index contributed by atoms with van der Waals surface area (Å²) in [5, 5.41) is 0. The minimum atomic E-state index is -1.20. The summed E-state index contributed by atoms with van der Waals surface area (Å²) in [6.07, 6.45) is 0.858. The molecule has 9 heteroatoms. The van der Waals surface area contributed by atoms with Crippen molar-refractivity contribution in [3.63, 3.8) is 0 Å². The molecule has 1 aromatic heterocycles. The fourth-order valence-electron chi connectivity index (χ4n) is 2.89. The molecule has 1 aromatic rings. The largest absolute Gasteiger partial charge is 0.465 e. The number of carbonyl (C=O) groups excluding carboxylic acids is 2. The summed E-state index contributed by atoms with van der Waals surface area (Å²) < 4.78 is 16.8. The normalized spacial score (nSPS) is 19.8. The van der Waals surface area contributed by atoms with Gasteiger partial charge in [-0.15, -0.1) is 0 Å². The van der Waals surface area contributed by atoms with E-state index in [2.05, 4.69) is 4.98 Å². The molecule has 0 amide bonds. The van der Waals surface area contributed by atoms with Crippen LogP contribution in [-0.4, -0.2) is 41.3 Å². The van der Waals surface area contributed by atoms with Crippen molar-refractivity contribution < 1.29 is 23.8 Å². The smallest absolute Gasteiger partial charge is 0.330 e. The minimum absolute atomic E-state index is 0.116. The maximum Gasteiger partial charge on any atom is 0.330 e. The van der Waals surface area contributed by atoms with E-state index in [0.29, 0.717) is 12.0 Å². The molecule has 1 N–H and O–H groups in total. The molecule has 138 valence electrons. The van der Waals surface area contributed by atoms with Crippen LogP contribution in [0, 0.1) is 18.8 Å². The molecule has 2 rings (SSSR count). The molecule has 0 spiro atoms. The summed E-state index contributed by atoms with van der Waals surface area (Å²) >= 11 is 0. The molecule has 0 aliphatic carbocycles. The second-order valence-corrected chi connectivity index (χ2v) is 5.67. The van der Waals surface area contributed by atoms with Crippen molar-refractivity contribution in [3.8, 4) is 0 Å². The van der Waals surface area contributed by atoms with Crippen LogP contribution in [-0.2, 0) is 23.8 Å². The Kier molecular flexibility index (Phi) is 6.13. The van der Waals surface area contributed by atoms with Gasteiger partial charge >= 0.3 is 17.6 Å². The molecule has 0 aromatic carbocycles. The molecule has 25 heavy (non-hydrogen) atoms. The maximum absolute atomic E-state index is 12.3. The fraction of sp³-hybridized carbons (Fsp3) is 0.625. The predicted octanol–water partition coefficient (Wildman–Crippen LogP) is 0.123. The zero-order chi connectivity index (χ0) is 18.6. The second-order valence-electron chi connectivity index (χ2n) is 5.67. The lowest BCUT2D eigenvalue weighted by molar-refractivity contribution is -0.166. The molecule has 1 aliphatic rings. The maximum atomic E-state index is 12.3. The van der Waals surface area contributed by atoms with Gasteiger partial charge in [0.15, 0.2) is 5.92 Å². The molecule has 2 atom stereocenters. The van der Waals surface area contributed by atoms with E-state index in [9.17, 15) is 19.2 Å². The van der Waals surface area contributed by atoms with Gasteiger partial charge in [0.25, 0.3) is 5.56 Å². The number of H-pyrrole nitrogens is 1. The van der Waals surface area contributed by atoms with Gasteiger partial charge in [0.1, 0.15) is 6.23 Å². The lowest BCUT2D eigenvalue weighted by Gasteiger charge is -2.25. The molecule has 0 radical (unpaired) electrons. The van der Waals surface area contributed by atoms with E-state index >= 15 is 0 Å². The Bertz CT molecular complexity index is 734. The zero-order valence-electron chi connectivity index (χ0n) is 14.4. The fourth-order valence-corrected chi connectivity index (χ4v) is 2.89. The van der Waals surface area contributed by atoms with Crippen LogP contribution in [0.5, 0.6) is 0 Å². The van der Waals surface area contributed by atoms with Crippen molar-refractivity contribution in [2.45, 2.75) is 33.4 Å². The number of aryl methyl sites for hydroxylation is 1. The van der Waals surface area contributed by atoms with E-state index in [1.807, 2.05) is 0 Å². The summed E-state index contributed by atoms with van der Waals surface area (Å²) in [5.41, 5.74) is -0.847. The number of nitrogens with one attached hydrogen (secondary N) is 1. The predicted molar refractivity (Wildman–Crippen MR) is 85.9 cm³/mol. The Morgan fingerprint density at radius 2 is 1.88 bits per heavy atom. The molecular weight excluding hydrogens is 332 g/mol. The SMILES string of the molecule is CCOC(=O)C(C(=O)OCC)[C@@H]1CCO[C@H]1n1cc(C)c(=O)[nH]c1=O.